The van der Waals surface area contributed by atoms with E-state index in [-0.39, 0.29) is 24.9 Å². The van der Waals surface area contributed by atoms with Crippen LogP contribution < -0.4 is 10.1 Å². The van der Waals surface area contributed by atoms with Crippen molar-refractivity contribution >= 4 is 11.7 Å². The van der Waals surface area contributed by atoms with Gasteiger partial charge in [0, 0.05) is 18.7 Å². The Labute approximate surface area is 134 Å². The smallest absolute Gasteiger partial charge is 0.322 e. The fourth-order valence-electron chi connectivity index (χ4n) is 2.29. The van der Waals surface area contributed by atoms with Gasteiger partial charge >= 0.3 is 6.03 Å². The molecule has 1 heterocycles. The highest BCUT2D eigenvalue weighted by atomic mass is 19.1. The minimum atomic E-state index is -0.760. The lowest BCUT2D eigenvalue weighted by Crippen LogP contribution is -2.48. The molecule has 23 heavy (non-hydrogen) atoms. The summed E-state index contributed by atoms with van der Waals surface area (Å²) in [5.74, 6) is -0.396. The molecule has 1 aromatic heterocycles. The fourth-order valence-corrected chi connectivity index (χ4v) is 2.29. The van der Waals surface area contributed by atoms with Crippen molar-refractivity contribution in [1.82, 2.24) is 9.88 Å². The van der Waals surface area contributed by atoms with E-state index in [1.807, 2.05) is 0 Å². The maximum absolute atomic E-state index is 13.7. The summed E-state index contributed by atoms with van der Waals surface area (Å²) in [5.41, 5.74) is -0.0186. The molecule has 1 aliphatic carbocycles. The third kappa shape index (κ3) is 4.77. The van der Waals surface area contributed by atoms with Gasteiger partial charge in [0.05, 0.1) is 33.1 Å². The Morgan fingerprint density at radius 1 is 1.52 bits per heavy atom. The number of nitrogens with zero attached hydrogens (tertiary/aromatic N) is 2. The van der Waals surface area contributed by atoms with Gasteiger partial charge in [-0.3, -0.25) is 0 Å². The molecule has 1 aliphatic rings. The van der Waals surface area contributed by atoms with Crippen molar-refractivity contribution < 1.29 is 23.8 Å². The average Bonchev–Trinajstić information content (AvgIpc) is 2.50. The van der Waals surface area contributed by atoms with Crippen LogP contribution >= 0.6 is 0 Å². The quantitative estimate of drug-likeness (QED) is 0.560. The highest BCUT2D eigenvalue weighted by Gasteiger charge is 2.29. The van der Waals surface area contributed by atoms with E-state index in [0.29, 0.717) is 18.9 Å². The summed E-state index contributed by atoms with van der Waals surface area (Å²) in [6.45, 7) is 0.879. The predicted molar refractivity (Wildman–Crippen MR) is 82.0 cm³/mol. The molecular weight excluding hydrogens is 305 g/mol. The van der Waals surface area contributed by atoms with E-state index in [0.717, 1.165) is 19.3 Å². The van der Waals surface area contributed by atoms with Gasteiger partial charge < -0.3 is 24.8 Å². The lowest BCUT2D eigenvalue weighted by Gasteiger charge is -2.37. The zero-order chi connectivity index (χ0) is 16.7. The number of aliphatic hydroxyl groups excluding tert-OH is 1. The molecule has 7 nitrogen and oxygen atoms in total. The molecule has 2 amide bonds. The van der Waals surface area contributed by atoms with Crippen molar-refractivity contribution in [2.24, 2.45) is 0 Å². The Hall–Kier alpha value is -1.93. The SMILES string of the molecule is COc1cnc(F)c(NC(=O)N(CCOCCO)C2CCC2)c1. The van der Waals surface area contributed by atoms with Crippen molar-refractivity contribution in [2.45, 2.75) is 25.3 Å². The molecule has 128 valence electrons. The number of amides is 2. The molecule has 2 N–H and O–H groups in total. The van der Waals surface area contributed by atoms with E-state index in [4.69, 9.17) is 14.6 Å². The van der Waals surface area contributed by atoms with Gasteiger partial charge in [0.1, 0.15) is 11.4 Å². The van der Waals surface area contributed by atoms with Crippen molar-refractivity contribution in [3.63, 3.8) is 0 Å². The van der Waals surface area contributed by atoms with Crippen molar-refractivity contribution in [1.29, 1.82) is 0 Å². The van der Waals surface area contributed by atoms with Gasteiger partial charge in [0.15, 0.2) is 0 Å². The van der Waals surface area contributed by atoms with E-state index in [1.54, 1.807) is 4.90 Å². The molecular formula is C15H22FN3O4. The fraction of sp³-hybridized carbons (Fsp3) is 0.600. The van der Waals surface area contributed by atoms with E-state index >= 15 is 0 Å². The zero-order valence-electron chi connectivity index (χ0n) is 13.1. The van der Waals surface area contributed by atoms with Crippen LogP contribution in [0.15, 0.2) is 12.3 Å². The minimum Gasteiger partial charge on any atom is -0.495 e. The summed E-state index contributed by atoms with van der Waals surface area (Å²) in [6.07, 6.45) is 4.16. The van der Waals surface area contributed by atoms with Gasteiger partial charge in [-0.1, -0.05) is 0 Å². The first kappa shape index (κ1) is 17.4. The summed E-state index contributed by atoms with van der Waals surface area (Å²) < 4.78 is 23.9. The summed E-state index contributed by atoms with van der Waals surface area (Å²) >= 11 is 0. The summed E-state index contributed by atoms with van der Waals surface area (Å²) in [4.78, 5) is 17.6. The molecule has 8 heteroatoms. The Morgan fingerprint density at radius 3 is 2.91 bits per heavy atom. The molecule has 0 radical (unpaired) electrons. The molecule has 0 atom stereocenters. The number of nitrogens with one attached hydrogen (secondary N) is 1. The molecule has 0 aromatic carbocycles. The summed E-state index contributed by atoms with van der Waals surface area (Å²) in [5, 5.41) is 11.2. The monoisotopic (exact) mass is 327 g/mol. The van der Waals surface area contributed by atoms with Crippen LogP contribution in [0, 0.1) is 5.95 Å². The van der Waals surface area contributed by atoms with Crippen molar-refractivity contribution in [2.75, 3.05) is 38.8 Å². The molecule has 0 saturated heterocycles. The number of carbonyl (C=O) groups is 1. The van der Waals surface area contributed by atoms with Crippen LogP contribution in [0.25, 0.3) is 0 Å². The minimum absolute atomic E-state index is 0.0186. The lowest BCUT2D eigenvalue weighted by atomic mass is 9.92. The van der Waals surface area contributed by atoms with Crippen molar-refractivity contribution in [3.05, 3.63) is 18.2 Å². The van der Waals surface area contributed by atoms with Gasteiger partial charge in [-0.05, 0) is 19.3 Å². The van der Waals surface area contributed by atoms with Crippen LogP contribution in [0.2, 0.25) is 0 Å². The molecule has 0 spiro atoms. The van der Waals surface area contributed by atoms with Gasteiger partial charge in [-0.15, -0.1) is 0 Å². The number of halogens is 1. The third-order valence-corrected chi connectivity index (χ3v) is 3.78. The molecule has 1 aromatic rings. The Bertz CT molecular complexity index is 525. The number of ether oxygens (including phenoxy) is 2. The number of aliphatic hydroxyl groups is 1. The Kier molecular flexibility index (Phi) is 6.54. The van der Waals surface area contributed by atoms with Gasteiger partial charge in [-0.25, -0.2) is 9.78 Å². The first-order valence-electron chi connectivity index (χ1n) is 7.61. The number of rotatable bonds is 8. The van der Waals surface area contributed by atoms with Crippen LogP contribution in [-0.4, -0.2) is 60.5 Å². The van der Waals surface area contributed by atoms with Crippen LogP contribution in [0.4, 0.5) is 14.9 Å². The predicted octanol–water partition coefficient (Wildman–Crippen LogP) is 1.62. The number of anilines is 1. The number of hydrogen-bond acceptors (Lipinski definition) is 5. The topological polar surface area (TPSA) is 83.9 Å². The Morgan fingerprint density at radius 2 is 2.30 bits per heavy atom. The molecule has 0 bridgehead atoms. The zero-order valence-corrected chi connectivity index (χ0v) is 13.1. The first-order valence-corrected chi connectivity index (χ1v) is 7.61. The second-order valence-corrected chi connectivity index (χ2v) is 5.26. The van der Waals surface area contributed by atoms with Crippen LogP contribution in [-0.2, 0) is 4.74 Å². The maximum atomic E-state index is 13.7. The Balaban J connectivity index is 1.99. The summed E-state index contributed by atoms with van der Waals surface area (Å²) in [6, 6.07) is 1.13. The standard InChI is InChI=1S/C15H22FN3O4/c1-22-12-9-13(14(16)17-10-12)18-15(21)19(11-3-2-4-11)5-7-23-8-6-20/h9-11,20H,2-8H2,1H3,(H,18,21). The normalized spacial score (nSPS) is 14.2. The van der Waals surface area contributed by atoms with E-state index in [9.17, 15) is 9.18 Å². The molecule has 1 saturated carbocycles. The van der Waals surface area contributed by atoms with E-state index < -0.39 is 12.0 Å². The van der Waals surface area contributed by atoms with Gasteiger partial charge in [0.25, 0.3) is 0 Å². The van der Waals surface area contributed by atoms with Crippen LogP contribution in [0.5, 0.6) is 5.75 Å². The lowest BCUT2D eigenvalue weighted by molar-refractivity contribution is 0.0639. The average molecular weight is 327 g/mol. The number of aromatic nitrogens is 1. The van der Waals surface area contributed by atoms with Gasteiger partial charge in [-0.2, -0.15) is 4.39 Å². The van der Waals surface area contributed by atoms with E-state index in [2.05, 4.69) is 10.3 Å². The molecule has 1 fully saturated rings. The number of carbonyl (C=O) groups excluding carboxylic acids is 1. The van der Waals surface area contributed by atoms with Crippen LogP contribution in [0.3, 0.4) is 0 Å². The molecule has 0 aliphatic heterocycles. The highest BCUT2D eigenvalue weighted by Crippen LogP contribution is 2.26. The van der Waals surface area contributed by atoms with E-state index in [1.165, 1.54) is 19.4 Å². The maximum Gasteiger partial charge on any atom is 0.322 e. The third-order valence-electron chi connectivity index (χ3n) is 3.78. The second kappa shape index (κ2) is 8.64. The number of urea groups is 1. The molecule has 2 rings (SSSR count). The number of methoxy groups -OCH3 is 1. The largest absolute Gasteiger partial charge is 0.495 e. The first-order chi connectivity index (χ1) is 11.2. The van der Waals surface area contributed by atoms with Crippen molar-refractivity contribution in [3.8, 4) is 5.75 Å². The number of pyridine rings is 1. The number of hydrogen-bond donors (Lipinski definition) is 2. The van der Waals surface area contributed by atoms with Gasteiger partial charge in [0.2, 0.25) is 5.95 Å². The highest BCUT2D eigenvalue weighted by molar-refractivity contribution is 5.89. The summed E-state index contributed by atoms with van der Waals surface area (Å²) in [7, 11) is 1.44. The molecule has 0 unspecified atom stereocenters. The van der Waals surface area contributed by atoms with Crippen LogP contribution in [0.1, 0.15) is 19.3 Å². The second-order valence-electron chi connectivity index (χ2n) is 5.26.